The van der Waals surface area contributed by atoms with Crippen LogP contribution < -0.4 is 10.6 Å². The molecule has 3 rings (SSSR count). The lowest BCUT2D eigenvalue weighted by Crippen LogP contribution is -2.51. The molecule has 27 heavy (non-hydrogen) atoms. The van der Waals surface area contributed by atoms with Crippen LogP contribution in [0.2, 0.25) is 10.0 Å². The fourth-order valence-electron chi connectivity index (χ4n) is 3.29. The summed E-state index contributed by atoms with van der Waals surface area (Å²) in [5.41, 5.74) is 0.410. The van der Waals surface area contributed by atoms with Crippen molar-refractivity contribution in [2.24, 2.45) is 5.92 Å². The van der Waals surface area contributed by atoms with Crippen molar-refractivity contribution in [2.45, 2.75) is 50.4 Å². The summed E-state index contributed by atoms with van der Waals surface area (Å²) in [5.74, 6) is -0.0475. The minimum atomic E-state index is -0.408. The fraction of sp³-hybridized carbons (Fsp3) is 0.579. The number of rotatable bonds is 7. The van der Waals surface area contributed by atoms with E-state index < -0.39 is 6.10 Å². The molecule has 1 aliphatic heterocycles. The normalized spacial score (nSPS) is 25.1. The SMILES string of the molecule is O=C(NCC[C@H]1CC[C@@H](NC(=O)C2CC2)[C@H](CO)O1)c1cc(Cl)cc(Cl)c1. The molecular formula is C19H24Cl2N2O4. The van der Waals surface area contributed by atoms with Crippen LogP contribution in [0.3, 0.4) is 0 Å². The Morgan fingerprint density at radius 2 is 1.81 bits per heavy atom. The molecule has 1 saturated heterocycles. The van der Waals surface area contributed by atoms with Crippen molar-refractivity contribution in [1.29, 1.82) is 0 Å². The van der Waals surface area contributed by atoms with Gasteiger partial charge in [-0.2, -0.15) is 0 Å². The lowest BCUT2D eigenvalue weighted by Gasteiger charge is -2.36. The molecule has 1 aromatic carbocycles. The quantitative estimate of drug-likeness (QED) is 0.639. The molecule has 0 bridgehead atoms. The highest BCUT2D eigenvalue weighted by Crippen LogP contribution is 2.30. The number of ether oxygens (including phenoxy) is 1. The average molecular weight is 415 g/mol. The topological polar surface area (TPSA) is 87.7 Å². The van der Waals surface area contributed by atoms with Crippen LogP contribution in [0.5, 0.6) is 0 Å². The Bertz CT molecular complexity index is 676. The Kier molecular flexibility index (Phi) is 6.98. The first kappa shape index (κ1) is 20.4. The van der Waals surface area contributed by atoms with Crippen LogP contribution in [0.25, 0.3) is 0 Å². The van der Waals surface area contributed by atoms with Crippen molar-refractivity contribution in [3.05, 3.63) is 33.8 Å². The summed E-state index contributed by atoms with van der Waals surface area (Å²) >= 11 is 11.8. The van der Waals surface area contributed by atoms with E-state index in [-0.39, 0.29) is 36.5 Å². The smallest absolute Gasteiger partial charge is 0.251 e. The third kappa shape index (κ3) is 5.82. The first-order chi connectivity index (χ1) is 13.0. The van der Waals surface area contributed by atoms with Gasteiger partial charge in [-0.25, -0.2) is 0 Å². The molecule has 1 aliphatic carbocycles. The molecule has 1 saturated carbocycles. The Morgan fingerprint density at radius 3 is 2.44 bits per heavy atom. The molecule has 3 atom stereocenters. The minimum absolute atomic E-state index is 0.0629. The number of hydrogen-bond donors (Lipinski definition) is 3. The van der Waals surface area contributed by atoms with E-state index in [0.717, 1.165) is 25.7 Å². The standard InChI is InChI=1S/C19H24Cl2N2O4/c20-13-7-12(8-14(21)9-13)18(25)22-6-5-15-3-4-16(17(10-24)27-15)23-19(26)11-1-2-11/h7-9,11,15-17,24H,1-6,10H2,(H,22,25)(H,23,26)/t15-,16-,17+/m1/s1. The van der Waals surface area contributed by atoms with Crippen molar-refractivity contribution in [3.8, 4) is 0 Å². The van der Waals surface area contributed by atoms with Gasteiger partial charge in [-0.15, -0.1) is 0 Å². The predicted molar refractivity (Wildman–Crippen MR) is 103 cm³/mol. The van der Waals surface area contributed by atoms with Crippen molar-refractivity contribution in [2.75, 3.05) is 13.2 Å². The molecule has 2 aliphatic rings. The number of carbonyl (C=O) groups excluding carboxylic acids is 2. The third-order valence-corrected chi connectivity index (χ3v) is 5.38. The second-order valence-corrected chi connectivity index (χ2v) is 8.02. The Labute approximate surface area is 168 Å². The number of hydrogen-bond acceptors (Lipinski definition) is 4. The maximum atomic E-state index is 12.2. The average Bonchev–Trinajstić information content (AvgIpc) is 3.47. The van der Waals surface area contributed by atoms with Gasteiger partial charge in [-0.1, -0.05) is 23.2 Å². The first-order valence-electron chi connectivity index (χ1n) is 9.27. The highest BCUT2D eigenvalue weighted by Gasteiger charge is 2.36. The number of benzene rings is 1. The Hall–Kier alpha value is -1.34. The van der Waals surface area contributed by atoms with Gasteiger partial charge in [0.05, 0.1) is 18.8 Å². The van der Waals surface area contributed by atoms with Crippen LogP contribution in [0.1, 0.15) is 42.5 Å². The Balaban J connectivity index is 1.43. The summed E-state index contributed by atoms with van der Waals surface area (Å²) in [6, 6.07) is 4.55. The van der Waals surface area contributed by atoms with Crippen LogP contribution in [0.15, 0.2) is 18.2 Å². The van der Waals surface area contributed by atoms with Gasteiger partial charge in [-0.05, 0) is 50.3 Å². The number of halogens is 2. The van der Waals surface area contributed by atoms with Crippen LogP contribution in [-0.4, -0.2) is 48.3 Å². The molecular weight excluding hydrogens is 391 g/mol. The highest BCUT2D eigenvalue weighted by atomic mass is 35.5. The molecule has 6 nitrogen and oxygen atoms in total. The van der Waals surface area contributed by atoms with E-state index in [4.69, 9.17) is 27.9 Å². The van der Waals surface area contributed by atoms with Crippen molar-refractivity contribution in [1.82, 2.24) is 10.6 Å². The van der Waals surface area contributed by atoms with E-state index in [1.54, 1.807) is 18.2 Å². The van der Waals surface area contributed by atoms with Gasteiger partial charge in [0.2, 0.25) is 5.91 Å². The van der Waals surface area contributed by atoms with Crippen molar-refractivity contribution >= 4 is 35.0 Å². The minimum Gasteiger partial charge on any atom is -0.394 e. The number of nitrogens with one attached hydrogen (secondary N) is 2. The van der Waals surface area contributed by atoms with Gasteiger partial charge >= 0.3 is 0 Å². The van der Waals surface area contributed by atoms with E-state index in [2.05, 4.69) is 10.6 Å². The van der Waals surface area contributed by atoms with Gasteiger partial charge in [0.1, 0.15) is 6.10 Å². The maximum absolute atomic E-state index is 12.2. The Morgan fingerprint density at radius 1 is 1.11 bits per heavy atom. The molecule has 1 heterocycles. The van der Waals surface area contributed by atoms with Crippen LogP contribution in [-0.2, 0) is 9.53 Å². The number of aliphatic hydroxyl groups is 1. The molecule has 8 heteroatoms. The van der Waals surface area contributed by atoms with Crippen LogP contribution >= 0.6 is 23.2 Å². The summed E-state index contributed by atoms with van der Waals surface area (Å²) in [6.07, 6.45) is 3.57. The maximum Gasteiger partial charge on any atom is 0.251 e. The molecule has 0 unspecified atom stereocenters. The third-order valence-electron chi connectivity index (χ3n) is 4.95. The molecule has 1 aromatic rings. The number of aliphatic hydroxyl groups excluding tert-OH is 1. The van der Waals surface area contributed by atoms with E-state index in [9.17, 15) is 14.7 Å². The zero-order valence-electron chi connectivity index (χ0n) is 14.9. The predicted octanol–water partition coefficient (Wildman–Crippen LogP) is 2.55. The summed E-state index contributed by atoms with van der Waals surface area (Å²) < 4.78 is 5.92. The number of amides is 2. The summed E-state index contributed by atoms with van der Waals surface area (Å²) in [6.45, 7) is 0.296. The fourth-order valence-corrected chi connectivity index (χ4v) is 3.82. The van der Waals surface area contributed by atoms with Gasteiger partial charge in [0, 0.05) is 28.1 Å². The van der Waals surface area contributed by atoms with E-state index in [1.165, 1.54) is 0 Å². The van der Waals surface area contributed by atoms with Crippen molar-refractivity contribution in [3.63, 3.8) is 0 Å². The summed E-state index contributed by atoms with van der Waals surface area (Å²) in [7, 11) is 0. The largest absolute Gasteiger partial charge is 0.394 e. The van der Waals surface area contributed by atoms with Gasteiger partial charge in [0.25, 0.3) is 5.91 Å². The van der Waals surface area contributed by atoms with E-state index >= 15 is 0 Å². The molecule has 2 amide bonds. The first-order valence-corrected chi connectivity index (χ1v) is 10.0. The molecule has 3 N–H and O–H groups in total. The zero-order chi connectivity index (χ0) is 19.4. The van der Waals surface area contributed by atoms with E-state index in [1.807, 2.05) is 0 Å². The molecule has 2 fully saturated rings. The zero-order valence-corrected chi connectivity index (χ0v) is 16.4. The van der Waals surface area contributed by atoms with E-state index in [0.29, 0.717) is 28.6 Å². The lowest BCUT2D eigenvalue weighted by molar-refractivity contribution is -0.129. The van der Waals surface area contributed by atoms with Crippen LogP contribution in [0, 0.1) is 5.92 Å². The second kappa shape index (κ2) is 9.24. The summed E-state index contributed by atoms with van der Waals surface area (Å²) in [5, 5.41) is 16.2. The van der Waals surface area contributed by atoms with Crippen LogP contribution in [0.4, 0.5) is 0 Å². The molecule has 0 radical (unpaired) electrons. The van der Waals surface area contributed by atoms with Gasteiger partial charge in [-0.3, -0.25) is 9.59 Å². The highest BCUT2D eigenvalue weighted by molar-refractivity contribution is 6.35. The van der Waals surface area contributed by atoms with Gasteiger partial charge in [0.15, 0.2) is 0 Å². The van der Waals surface area contributed by atoms with Crippen molar-refractivity contribution < 1.29 is 19.4 Å². The summed E-state index contributed by atoms with van der Waals surface area (Å²) in [4.78, 5) is 24.1. The second-order valence-electron chi connectivity index (χ2n) is 7.15. The van der Waals surface area contributed by atoms with Gasteiger partial charge < -0.3 is 20.5 Å². The molecule has 148 valence electrons. The monoisotopic (exact) mass is 414 g/mol. The lowest BCUT2D eigenvalue weighted by atomic mass is 9.97. The molecule has 0 spiro atoms. The number of carbonyl (C=O) groups is 2. The molecule has 0 aromatic heterocycles.